The zero-order valence-electron chi connectivity index (χ0n) is 26.1. The summed E-state index contributed by atoms with van der Waals surface area (Å²) in [5.74, 6) is 0.193. The molecule has 37 heavy (non-hydrogen) atoms. The third-order valence-electron chi connectivity index (χ3n) is 4.58. The van der Waals surface area contributed by atoms with Gasteiger partial charge in [0.15, 0.2) is 0 Å². The third-order valence-corrected chi connectivity index (χ3v) is 4.58. The van der Waals surface area contributed by atoms with E-state index in [1.54, 1.807) is 0 Å². The topological polar surface area (TPSA) is 0 Å². The maximum atomic E-state index is 3.95. The SMILES string of the molecule is C=C/C=C(\C=C/C)C(C(/C=C\C)=C/C=C)C(C(/C=C\C)=C/C=C)c1ccccc1.CC.CC.CC.CC. The lowest BCUT2D eigenvalue weighted by molar-refractivity contribution is 0.638. The quantitative estimate of drug-likeness (QED) is 0.264. The smallest absolute Gasteiger partial charge is 0.0199 e. The zero-order valence-corrected chi connectivity index (χ0v) is 26.1. The summed E-state index contributed by atoms with van der Waals surface area (Å²) >= 11 is 0. The highest BCUT2D eigenvalue weighted by Gasteiger charge is 2.29. The minimum absolute atomic E-state index is 0.0863. The summed E-state index contributed by atoms with van der Waals surface area (Å²) in [4.78, 5) is 0. The fraction of sp³-hybridized carbons (Fsp3) is 0.351. The molecule has 1 aromatic rings. The lowest BCUT2D eigenvalue weighted by Gasteiger charge is -2.31. The van der Waals surface area contributed by atoms with Gasteiger partial charge in [0.05, 0.1) is 0 Å². The van der Waals surface area contributed by atoms with E-state index in [1.807, 2.05) is 94.4 Å². The Morgan fingerprint density at radius 3 is 1.19 bits per heavy atom. The van der Waals surface area contributed by atoms with E-state index < -0.39 is 0 Å². The van der Waals surface area contributed by atoms with Crippen LogP contribution in [0, 0.1) is 5.92 Å². The maximum absolute atomic E-state index is 3.95. The molecule has 0 aliphatic heterocycles. The van der Waals surface area contributed by atoms with Crippen LogP contribution in [0.3, 0.4) is 0 Å². The van der Waals surface area contributed by atoms with Crippen LogP contribution in [0.1, 0.15) is 87.6 Å². The van der Waals surface area contributed by atoms with Gasteiger partial charge in [0.2, 0.25) is 0 Å². The molecule has 0 heterocycles. The average molecular weight is 503 g/mol. The van der Waals surface area contributed by atoms with Crippen molar-refractivity contribution in [1.82, 2.24) is 0 Å². The van der Waals surface area contributed by atoms with Crippen molar-refractivity contribution in [2.24, 2.45) is 5.92 Å². The van der Waals surface area contributed by atoms with Gasteiger partial charge in [0.1, 0.15) is 0 Å². The van der Waals surface area contributed by atoms with E-state index in [4.69, 9.17) is 0 Å². The number of rotatable bonds is 11. The Hall–Kier alpha value is -3.12. The van der Waals surface area contributed by atoms with Gasteiger partial charge >= 0.3 is 0 Å². The molecule has 0 nitrogen and oxygen atoms in total. The molecule has 0 bridgehead atoms. The van der Waals surface area contributed by atoms with E-state index in [1.165, 1.54) is 22.3 Å². The highest BCUT2D eigenvalue weighted by molar-refractivity contribution is 5.48. The van der Waals surface area contributed by atoms with Crippen molar-refractivity contribution in [1.29, 1.82) is 0 Å². The van der Waals surface area contributed by atoms with Crippen LogP contribution in [0.2, 0.25) is 0 Å². The van der Waals surface area contributed by atoms with Crippen molar-refractivity contribution < 1.29 is 0 Å². The molecule has 0 fully saturated rings. The number of hydrogen-bond acceptors (Lipinski definition) is 0. The van der Waals surface area contributed by atoms with Gasteiger partial charge in [-0.15, -0.1) is 0 Å². The second kappa shape index (κ2) is 32.9. The lowest BCUT2D eigenvalue weighted by atomic mass is 9.72. The van der Waals surface area contributed by atoms with Crippen molar-refractivity contribution in [3.05, 3.63) is 145 Å². The van der Waals surface area contributed by atoms with Crippen LogP contribution in [-0.2, 0) is 0 Å². The molecule has 0 amide bonds. The number of allylic oxidation sites excluding steroid dienone is 15. The Morgan fingerprint density at radius 1 is 0.541 bits per heavy atom. The van der Waals surface area contributed by atoms with E-state index >= 15 is 0 Å². The normalized spacial score (nSPS) is 13.0. The van der Waals surface area contributed by atoms with Gasteiger partial charge in [-0.2, -0.15) is 0 Å². The van der Waals surface area contributed by atoms with Crippen LogP contribution in [0.5, 0.6) is 0 Å². The molecular weight excluding hydrogens is 444 g/mol. The van der Waals surface area contributed by atoms with Gasteiger partial charge < -0.3 is 0 Å². The molecular formula is C37H58. The summed E-state index contributed by atoms with van der Waals surface area (Å²) < 4.78 is 0. The van der Waals surface area contributed by atoms with Crippen LogP contribution in [-0.4, -0.2) is 0 Å². The molecule has 206 valence electrons. The summed E-state index contributed by atoms with van der Waals surface area (Å²) in [5.41, 5.74) is 4.85. The predicted molar refractivity (Wildman–Crippen MR) is 177 cm³/mol. The molecule has 1 atom stereocenters. The molecule has 0 aliphatic rings. The first kappa shape index (κ1) is 41.0. The zero-order chi connectivity index (χ0) is 29.5. The summed E-state index contributed by atoms with van der Waals surface area (Å²) in [6.45, 7) is 34.0. The van der Waals surface area contributed by atoms with Crippen molar-refractivity contribution >= 4 is 0 Å². The lowest BCUT2D eigenvalue weighted by Crippen LogP contribution is -2.19. The molecule has 0 aliphatic carbocycles. The van der Waals surface area contributed by atoms with Gasteiger partial charge in [0, 0.05) is 11.8 Å². The fourth-order valence-electron chi connectivity index (χ4n) is 3.59. The van der Waals surface area contributed by atoms with Crippen molar-refractivity contribution in [2.75, 3.05) is 0 Å². The first-order valence-corrected chi connectivity index (χ1v) is 14.1. The highest BCUT2D eigenvalue weighted by Crippen LogP contribution is 2.42. The standard InChI is InChI=1S/C29H34.4C2H6/c1-7-16-24(17-8-2)28(25(18-9-3)19-10-4)29(26(20-11-5)21-12-6)27-22-14-13-15-23-27;4*1-2/h7-23,28-29H,1,3,5H2,2,4,6H3;4*1-2H3/b17-8-,19-10-,21-12-,24-16+,25-18+,26-20+;;;;. The molecule has 1 rings (SSSR count). The summed E-state index contributed by atoms with van der Waals surface area (Å²) in [6, 6.07) is 10.6. The molecule has 0 spiro atoms. The Morgan fingerprint density at radius 2 is 0.865 bits per heavy atom. The first-order valence-electron chi connectivity index (χ1n) is 14.1. The first-order chi connectivity index (χ1) is 18.2. The largest absolute Gasteiger partial charge is 0.0991 e. The van der Waals surface area contributed by atoms with E-state index in [9.17, 15) is 0 Å². The Balaban J connectivity index is -0.000000617. The van der Waals surface area contributed by atoms with Gasteiger partial charge in [-0.1, -0.05) is 178 Å². The Labute approximate surface area is 233 Å². The Bertz CT molecular complexity index is 801. The Kier molecular flexibility index (Phi) is 36.5. The average Bonchev–Trinajstić information content (AvgIpc) is 2.96. The predicted octanol–water partition coefficient (Wildman–Crippen LogP) is 12.6. The van der Waals surface area contributed by atoms with Gasteiger partial charge in [-0.05, 0) is 43.1 Å². The van der Waals surface area contributed by atoms with Crippen LogP contribution in [0.4, 0.5) is 0 Å². The van der Waals surface area contributed by atoms with Crippen molar-refractivity contribution in [2.45, 2.75) is 82.1 Å². The van der Waals surface area contributed by atoms with Crippen LogP contribution < -0.4 is 0 Å². The highest BCUT2D eigenvalue weighted by atomic mass is 14.3. The summed E-state index contributed by atoms with van der Waals surface area (Å²) in [6.07, 6.45) is 24.6. The van der Waals surface area contributed by atoms with E-state index in [0.29, 0.717) is 0 Å². The van der Waals surface area contributed by atoms with Gasteiger partial charge in [-0.25, -0.2) is 0 Å². The second-order valence-corrected chi connectivity index (χ2v) is 6.57. The molecule has 0 saturated heterocycles. The van der Waals surface area contributed by atoms with E-state index in [-0.39, 0.29) is 11.8 Å². The molecule has 0 radical (unpaired) electrons. The fourth-order valence-corrected chi connectivity index (χ4v) is 3.59. The molecule has 0 N–H and O–H groups in total. The van der Waals surface area contributed by atoms with Crippen LogP contribution >= 0.6 is 0 Å². The maximum Gasteiger partial charge on any atom is 0.0199 e. The molecule has 0 saturated carbocycles. The second-order valence-electron chi connectivity index (χ2n) is 6.57. The number of benzene rings is 1. The van der Waals surface area contributed by atoms with Crippen molar-refractivity contribution in [3.8, 4) is 0 Å². The monoisotopic (exact) mass is 502 g/mol. The van der Waals surface area contributed by atoms with E-state index in [0.717, 1.165) is 0 Å². The molecule has 0 heteroatoms. The van der Waals surface area contributed by atoms with Gasteiger partial charge in [0.25, 0.3) is 0 Å². The van der Waals surface area contributed by atoms with Crippen LogP contribution in [0.25, 0.3) is 0 Å². The molecule has 1 aromatic carbocycles. The minimum atomic E-state index is 0.0863. The minimum Gasteiger partial charge on any atom is -0.0991 e. The van der Waals surface area contributed by atoms with Crippen molar-refractivity contribution in [3.63, 3.8) is 0 Å². The third kappa shape index (κ3) is 17.1. The molecule has 1 unspecified atom stereocenters. The van der Waals surface area contributed by atoms with E-state index in [2.05, 4.69) is 105 Å². The summed E-state index contributed by atoms with van der Waals surface area (Å²) in [7, 11) is 0. The summed E-state index contributed by atoms with van der Waals surface area (Å²) in [5, 5.41) is 0. The number of hydrogen-bond donors (Lipinski definition) is 0. The molecule has 0 aromatic heterocycles. The van der Waals surface area contributed by atoms with Crippen LogP contribution in [0.15, 0.2) is 140 Å². The van der Waals surface area contributed by atoms with Gasteiger partial charge in [-0.3, -0.25) is 0 Å².